The lowest BCUT2D eigenvalue weighted by Gasteiger charge is -2.03. The van der Waals surface area contributed by atoms with Crippen molar-refractivity contribution in [2.24, 2.45) is 0 Å². The van der Waals surface area contributed by atoms with Crippen molar-refractivity contribution in [2.45, 2.75) is 142 Å². The molecule has 0 aliphatic carbocycles. The van der Waals surface area contributed by atoms with Crippen LogP contribution in [0.1, 0.15) is 142 Å². The Hall–Kier alpha value is -1.36. The van der Waals surface area contributed by atoms with E-state index in [1.807, 2.05) is 0 Å². The fraction of sp³-hybridized carbons (Fsp3) is 0.852. The molecule has 0 heterocycles. The van der Waals surface area contributed by atoms with Gasteiger partial charge in [-0.2, -0.15) is 0 Å². The highest BCUT2D eigenvalue weighted by Gasteiger charge is 2.07. The van der Waals surface area contributed by atoms with E-state index in [1.165, 1.54) is 122 Å². The average Bonchev–Trinajstić information content (AvgIpc) is 2.75. The van der Waals surface area contributed by atoms with E-state index < -0.39 is 18.4 Å². The molecule has 0 aromatic carbocycles. The van der Waals surface area contributed by atoms with Crippen LogP contribution < -0.4 is 0 Å². The molecule has 5 nitrogen and oxygen atoms in total. The van der Waals surface area contributed by atoms with E-state index in [9.17, 15) is 9.59 Å². The molecule has 32 heavy (non-hydrogen) atoms. The van der Waals surface area contributed by atoms with Crippen molar-refractivity contribution in [1.29, 1.82) is 0 Å². The first-order chi connectivity index (χ1) is 15.5. The zero-order chi connectivity index (χ0) is 24.3. The largest absolute Gasteiger partial charge is 0.481 e. The fourth-order valence-electron chi connectivity index (χ4n) is 3.63. The van der Waals surface area contributed by atoms with E-state index in [1.54, 1.807) is 0 Å². The van der Waals surface area contributed by atoms with Gasteiger partial charge in [0.2, 0.25) is 0 Å². The van der Waals surface area contributed by atoms with Crippen molar-refractivity contribution in [1.82, 2.24) is 0 Å². The zero-order valence-corrected chi connectivity index (χ0v) is 20.9. The molecule has 0 saturated carbocycles. The van der Waals surface area contributed by atoms with Gasteiger partial charge in [0.15, 0.2) is 0 Å². The molecule has 0 unspecified atom stereocenters. The summed E-state index contributed by atoms with van der Waals surface area (Å²) in [6.07, 6.45) is 27.6. The predicted octanol–water partition coefficient (Wildman–Crippen LogP) is 7.90. The number of aliphatic hydroxyl groups is 1. The molecule has 0 aliphatic rings. The summed E-state index contributed by atoms with van der Waals surface area (Å²) < 4.78 is 0. The van der Waals surface area contributed by atoms with Crippen LogP contribution in [0, 0.1) is 0 Å². The molecule has 0 radical (unpaired) electrons. The van der Waals surface area contributed by atoms with Crippen LogP contribution >= 0.6 is 0 Å². The third-order valence-corrected chi connectivity index (χ3v) is 5.68. The second-order valence-corrected chi connectivity index (χ2v) is 8.92. The summed E-state index contributed by atoms with van der Waals surface area (Å²) in [4.78, 5) is 19.7. The fourth-order valence-corrected chi connectivity index (χ4v) is 3.63. The Bertz CT molecular complexity index is 414. The number of carbonyl (C=O) groups is 2. The second-order valence-electron chi connectivity index (χ2n) is 8.92. The first-order valence-electron chi connectivity index (χ1n) is 13.2. The first-order valence-corrected chi connectivity index (χ1v) is 13.2. The van der Waals surface area contributed by atoms with Gasteiger partial charge < -0.3 is 15.3 Å². The third kappa shape index (κ3) is 30.8. The molecule has 0 atom stereocenters. The molecular weight excluding hydrogens is 404 g/mol. The number of aliphatic hydroxyl groups excluding tert-OH is 1. The van der Waals surface area contributed by atoms with Crippen LogP contribution in [-0.2, 0) is 9.59 Å². The number of rotatable bonds is 23. The van der Waals surface area contributed by atoms with E-state index in [2.05, 4.69) is 13.5 Å². The molecule has 3 N–H and O–H groups in total. The monoisotopic (exact) mass is 456 g/mol. The molecule has 0 spiro atoms. The Balaban J connectivity index is 0. The Labute approximate surface area is 197 Å². The van der Waals surface area contributed by atoms with Crippen LogP contribution in [0.3, 0.4) is 0 Å². The first kappa shape index (κ1) is 32.8. The Morgan fingerprint density at radius 1 is 0.562 bits per heavy atom. The number of carboxylic acid groups (broad SMARTS) is 2. The van der Waals surface area contributed by atoms with Crippen molar-refractivity contribution in [3.8, 4) is 0 Å². The van der Waals surface area contributed by atoms with Crippen molar-refractivity contribution in [3.05, 3.63) is 12.2 Å². The quantitative estimate of drug-likeness (QED) is 0.107. The van der Waals surface area contributed by atoms with Gasteiger partial charge in [-0.25, -0.2) is 4.79 Å². The lowest BCUT2D eigenvalue weighted by molar-refractivity contribution is -0.139. The van der Waals surface area contributed by atoms with Gasteiger partial charge in [0, 0.05) is 12.2 Å². The van der Waals surface area contributed by atoms with Gasteiger partial charge in [-0.15, -0.1) is 0 Å². The minimum atomic E-state index is -1.27. The second kappa shape index (κ2) is 27.7. The summed E-state index contributed by atoms with van der Waals surface area (Å²) in [7, 11) is 0. The van der Waals surface area contributed by atoms with E-state index in [0.717, 1.165) is 6.42 Å². The van der Waals surface area contributed by atoms with Gasteiger partial charge in [-0.05, 0) is 6.42 Å². The highest BCUT2D eigenvalue weighted by Crippen LogP contribution is 2.14. The van der Waals surface area contributed by atoms with Crippen molar-refractivity contribution >= 4 is 11.9 Å². The number of hydrogen-bond acceptors (Lipinski definition) is 3. The Kier molecular flexibility index (Phi) is 28.4. The number of unbranched alkanes of at least 4 members (excludes halogenated alkanes) is 19. The van der Waals surface area contributed by atoms with Crippen LogP contribution in [0.2, 0.25) is 0 Å². The highest BCUT2D eigenvalue weighted by molar-refractivity contribution is 5.91. The van der Waals surface area contributed by atoms with E-state index in [4.69, 9.17) is 15.3 Å². The lowest BCUT2D eigenvalue weighted by Crippen LogP contribution is -2.04. The molecular formula is C27H52O5. The van der Waals surface area contributed by atoms with E-state index in [0.29, 0.717) is 6.61 Å². The van der Waals surface area contributed by atoms with Crippen LogP contribution in [0.4, 0.5) is 0 Å². The number of hydrogen-bond donors (Lipinski definition) is 3. The van der Waals surface area contributed by atoms with E-state index >= 15 is 0 Å². The molecule has 0 aromatic rings. The molecule has 0 bridgehead atoms. The minimum absolute atomic E-state index is 0.303. The van der Waals surface area contributed by atoms with Gasteiger partial charge in [0.25, 0.3) is 0 Å². The smallest absolute Gasteiger partial charge is 0.331 e. The molecule has 0 amide bonds. The molecule has 0 fully saturated rings. The minimum Gasteiger partial charge on any atom is -0.481 e. The van der Waals surface area contributed by atoms with Gasteiger partial charge in [0.05, 0.1) is 6.42 Å². The van der Waals surface area contributed by atoms with Crippen LogP contribution in [0.5, 0.6) is 0 Å². The van der Waals surface area contributed by atoms with Gasteiger partial charge in [0.1, 0.15) is 0 Å². The van der Waals surface area contributed by atoms with E-state index in [-0.39, 0.29) is 5.57 Å². The number of carboxylic acids is 2. The molecule has 0 rings (SSSR count). The SMILES string of the molecule is C=C(CC(=O)O)C(=O)O.CCCCCCCCCCCCCCCCCCCCCCO. The van der Waals surface area contributed by atoms with Crippen LogP contribution in [0.15, 0.2) is 12.2 Å². The van der Waals surface area contributed by atoms with Crippen LogP contribution in [-0.4, -0.2) is 33.9 Å². The summed E-state index contributed by atoms with van der Waals surface area (Å²) in [5, 5.41) is 24.8. The molecule has 0 saturated heterocycles. The Morgan fingerprint density at radius 2 is 0.844 bits per heavy atom. The zero-order valence-electron chi connectivity index (χ0n) is 20.9. The molecule has 5 heteroatoms. The van der Waals surface area contributed by atoms with Crippen molar-refractivity contribution in [3.63, 3.8) is 0 Å². The maximum atomic E-state index is 9.87. The summed E-state index contributed by atoms with van der Waals surface area (Å²) >= 11 is 0. The van der Waals surface area contributed by atoms with Crippen LogP contribution in [0.25, 0.3) is 0 Å². The highest BCUT2D eigenvalue weighted by atomic mass is 16.4. The normalized spacial score (nSPS) is 10.4. The van der Waals surface area contributed by atoms with Crippen molar-refractivity contribution in [2.75, 3.05) is 6.61 Å². The molecule has 0 aromatic heterocycles. The van der Waals surface area contributed by atoms with Gasteiger partial charge in [-0.3, -0.25) is 4.79 Å². The maximum Gasteiger partial charge on any atom is 0.331 e. The average molecular weight is 457 g/mol. The maximum absolute atomic E-state index is 9.87. The molecule has 190 valence electrons. The topological polar surface area (TPSA) is 94.8 Å². The summed E-state index contributed by atoms with van der Waals surface area (Å²) in [6.45, 7) is 5.68. The lowest BCUT2D eigenvalue weighted by atomic mass is 10.0. The Morgan fingerprint density at radius 3 is 1.03 bits per heavy atom. The molecule has 0 aliphatic heterocycles. The number of aliphatic carboxylic acids is 2. The summed E-state index contributed by atoms with van der Waals surface area (Å²) in [6, 6.07) is 0. The van der Waals surface area contributed by atoms with Crippen molar-refractivity contribution < 1.29 is 24.9 Å². The summed E-state index contributed by atoms with van der Waals surface area (Å²) in [5.41, 5.74) is -0.303. The predicted molar refractivity (Wildman–Crippen MR) is 134 cm³/mol. The third-order valence-electron chi connectivity index (χ3n) is 5.68. The van der Waals surface area contributed by atoms with Gasteiger partial charge in [-0.1, -0.05) is 135 Å². The van der Waals surface area contributed by atoms with Gasteiger partial charge >= 0.3 is 11.9 Å². The standard InChI is InChI=1S/C22H46O.C5H6O4/c1-2-3-4-5-6-7-8-9-10-11-12-13-14-15-16-17-18-19-20-21-22-23;1-3(5(8)9)2-4(6)7/h23H,2-22H2,1H3;1-2H2,(H,6,7)(H,8,9). The summed E-state index contributed by atoms with van der Waals surface area (Å²) in [5.74, 6) is -2.44.